The van der Waals surface area contributed by atoms with Crippen LogP contribution in [-0.4, -0.2) is 27.3 Å². The van der Waals surface area contributed by atoms with E-state index in [1.165, 1.54) is 24.3 Å². The summed E-state index contributed by atoms with van der Waals surface area (Å²) in [6.07, 6.45) is 0.784. The molecule has 0 spiro atoms. The number of hydrogen-bond acceptors (Lipinski definition) is 3. The monoisotopic (exact) mass is 325 g/mol. The van der Waals surface area contributed by atoms with Gasteiger partial charge in [0.2, 0.25) is 0 Å². The van der Waals surface area contributed by atoms with Crippen LogP contribution in [0.4, 0.5) is 4.39 Å². The molecule has 1 heterocycles. The first-order valence-corrected chi connectivity index (χ1v) is 7.46. The SMILES string of the molecule is O=C(NCC(O)c1ccc(F)cc1)c1ccn(-c2ccccc2)n1. The smallest absolute Gasteiger partial charge is 0.271 e. The molecule has 0 fully saturated rings. The number of hydrogen-bond donors (Lipinski definition) is 2. The molecule has 5 nitrogen and oxygen atoms in total. The van der Waals surface area contributed by atoms with E-state index >= 15 is 0 Å². The van der Waals surface area contributed by atoms with Crippen molar-refractivity contribution in [3.63, 3.8) is 0 Å². The molecule has 0 saturated carbocycles. The van der Waals surface area contributed by atoms with Crippen molar-refractivity contribution < 1.29 is 14.3 Å². The molecule has 1 unspecified atom stereocenters. The Kier molecular flexibility index (Phi) is 4.67. The van der Waals surface area contributed by atoms with Crippen LogP contribution < -0.4 is 5.32 Å². The number of carbonyl (C=O) groups excluding carboxylic acids is 1. The Morgan fingerprint density at radius 2 is 1.83 bits per heavy atom. The molecule has 0 aliphatic carbocycles. The summed E-state index contributed by atoms with van der Waals surface area (Å²) in [6, 6.07) is 16.5. The van der Waals surface area contributed by atoms with E-state index in [1.54, 1.807) is 16.9 Å². The number of nitrogens with one attached hydrogen (secondary N) is 1. The Balaban J connectivity index is 1.61. The van der Waals surface area contributed by atoms with E-state index in [4.69, 9.17) is 0 Å². The first-order chi connectivity index (χ1) is 11.6. The van der Waals surface area contributed by atoms with Gasteiger partial charge in [-0.15, -0.1) is 0 Å². The fraction of sp³-hybridized carbons (Fsp3) is 0.111. The Morgan fingerprint density at radius 1 is 1.12 bits per heavy atom. The van der Waals surface area contributed by atoms with Crippen molar-refractivity contribution in [1.29, 1.82) is 0 Å². The molecule has 3 rings (SSSR count). The summed E-state index contributed by atoms with van der Waals surface area (Å²) >= 11 is 0. The highest BCUT2D eigenvalue weighted by Crippen LogP contribution is 2.13. The molecule has 2 aromatic carbocycles. The predicted molar refractivity (Wildman–Crippen MR) is 87.3 cm³/mol. The Labute approximate surface area is 138 Å². The van der Waals surface area contributed by atoms with E-state index in [9.17, 15) is 14.3 Å². The second-order valence-electron chi connectivity index (χ2n) is 5.26. The number of nitrogens with zero attached hydrogens (tertiary/aromatic N) is 2. The van der Waals surface area contributed by atoms with Gasteiger partial charge < -0.3 is 10.4 Å². The third kappa shape index (κ3) is 3.67. The quantitative estimate of drug-likeness (QED) is 0.757. The number of aliphatic hydroxyl groups excluding tert-OH is 1. The summed E-state index contributed by atoms with van der Waals surface area (Å²) in [5, 5.41) is 16.9. The van der Waals surface area contributed by atoms with Crippen LogP contribution in [0, 0.1) is 5.82 Å². The third-order valence-corrected chi connectivity index (χ3v) is 3.55. The van der Waals surface area contributed by atoms with Crippen molar-refractivity contribution >= 4 is 5.91 Å². The second-order valence-corrected chi connectivity index (χ2v) is 5.26. The molecule has 0 aliphatic rings. The highest BCUT2D eigenvalue weighted by molar-refractivity contribution is 5.92. The number of carbonyl (C=O) groups is 1. The van der Waals surface area contributed by atoms with Crippen LogP contribution in [0.15, 0.2) is 66.9 Å². The average Bonchev–Trinajstić information content (AvgIpc) is 3.11. The molecular weight excluding hydrogens is 309 g/mol. The maximum Gasteiger partial charge on any atom is 0.271 e. The lowest BCUT2D eigenvalue weighted by Gasteiger charge is -2.11. The third-order valence-electron chi connectivity index (χ3n) is 3.55. The minimum Gasteiger partial charge on any atom is -0.387 e. The summed E-state index contributed by atoms with van der Waals surface area (Å²) in [5.41, 5.74) is 1.64. The first-order valence-electron chi connectivity index (χ1n) is 7.46. The van der Waals surface area contributed by atoms with Gasteiger partial charge in [-0.1, -0.05) is 30.3 Å². The molecule has 24 heavy (non-hydrogen) atoms. The maximum absolute atomic E-state index is 12.9. The van der Waals surface area contributed by atoms with Crippen LogP contribution >= 0.6 is 0 Å². The summed E-state index contributed by atoms with van der Waals surface area (Å²) in [7, 11) is 0. The first kappa shape index (κ1) is 15.9. The van der Waals surface area contributed by atoms with Crippen molar-refractivity contribution in [2.45, 2.75) is 6.10 Å². The highest BCUT2D eigenvalue weighted by Gasteiger charge is 2.13. The van der Waals surface area contributed by atoms with E-state index in [-0.39, 0.29) is 24.0 Å². The van der Waals surface area contributed by atoms with Crippen molar-refractivity contribution in [2.24, 2.45) is 0 Å². The van der Waals surface area contributed by atoms with Crippen LogP contribution in [-0.2, 0) is 0 Å². The zero-order valence-electron chi connectivity index (χ0n) is 12.8. The van der Waals surface area contributed by atoms with Gasteiger partial charge in [0.25, 0.3) is 5.91 Å². The molecule has 1 aromatic heterocycles. The fourth-order valence-electron chi connectivity index (χ4n) is 2.25. The van der Waals surface area contributed by atoms with Gasteiger partial charge in [0.1, 0.15) is 5.82 Å². The van der Waals surface area contributed by atoms with Gasteiger partial charge in [0.15, 0.2) is 5.69 Å². The molecule has 0 bridgehead atoms. The normalized spacial score (nSPS) is 11.9. The molecule has 1 amide bonds. The lowest BCUT2D eigenvalue weighted by molar-refractivity contribution is 0.0911. The molecule has 0 radical (unpaired) electrons. The van der Waals surface area contributed by atoms with Crippen LogP contribution in [0.5, 0.6) is 0 Å². The molecule has 3 aromatic rings. The largest absolute Gasteiger partial charge is 0.387 e. The topological polar surface area (TPSA) is 67.2 Å². The van der Waals surface area contributed by atoms with E-state index in [2.05, 4.69) is 10.4 Å². The Bertz CT molecular complexity index is 816. The average molecular weight is 325 g/mol. The zero-order valence-corrected chi connectivity index (χ0v) is 12.8. The minimum absolute atomic E-state index is 0.0165. The summed E-state index contributed by atoms with van der Waals surface area (Å²) in [6.45, 7) is 0.0165. The van der Waals surface area contributed by atoms with Gasteiger partial charge in [-0.25, -0.2) is 9.07 Å². The van der Waals surface area contributed by atoms with Gasteiger partial charge in [-0.05, 0) is 35.9 Å². The van der Waals surface area contributed by atoms with Crippen LogP contribution in [0.3, 0.4) is 0 Å². The summed E-state index contributed by atoms with van der Waals surface area (Å²) < 4.78 is 14.5. The van der Waals surface area contributed by atoms with Gasteiger partial charge >= 0.3 is 0 Å². The number of aliphatic hydroxyl groups is 1. The van der Waals surface area contributed by atoms with E-state index in [1.807, 2.05) is 30.3 Å². The van der Waals surface area contributed by atoms with Crippen LogP contribution in [0.25, 0.3) is 5.69 Å². The minimum atomic E-state index is -0.911. The lowest BCUT2D eigenvalue weighted by atomic mass is 10.1. The molecule has 0 saturated heterocycles. The number of benzene rings is 2. The fourth-order valence-corrected chi connectivity index (χ4v) is 2.25. The van der Waals surface area contributed by atoms with Crippen LogP contribution in [0.2, 0.25) is 0 Å². The summed E-state index contributed by atoms with van der Waals surface area (Å²) in [4.78, 5) is 12.1. The lowest BCUT2D eigenvalue weighted by Crippen LogP contribution is -2.28. The number of amides is 1. The van der Waals surface area contributed by atoms with Crippen molar-refractivity contribution in [3.8, 4) is 5.69 Å². The Hall–Kier alpha value is -2.99. The van der Waals surface area contributed by atoms with Gasteiger partial charge in [-0.3, -0.25) is 4.79 Å². The van der Waals surface area contributed by atoms with Crippen LogP contribution in [0.1, 0.15) is 22.2 Å². The highest BCUT2D eigenvalue weighted by atomic mass is 19.1. The number of halogens is 1. The summed E-state index contributed by atoms with van der Waals surface area (Å²) in [5.74, 6) is -0.757. The molecule has 122 valence electrons. The van der Waals surface area contributed by atoms with Gasteiger partial charge in [-0.2, -0.15) is 5.10 Å². The number of aromatic nitrogens is 2. The van der Waals surface area contributed by atoms with E-state index < -0.39 is 6.10 Å². The molecule has 2 N–H and O–H groups in total. The number of para-hydroxylation sites is 1. The zero-order chi connectivity index (χ0) is 16.9. The van der Waals surface area contributed by atoms with Crippen molar-refractivity contribution in [3.05, 3.63) is 83.9 Å². The van der Waals surface area contributed by atoms with Gasteiger partial charge in [0, 0.05) is 12.7 Å². The number of rotatable bonds is 5. The van der Waals surface area contributed by atoms with Crippen molar-refractivity contribution in [2.75, 3.05) is 6.54 Å². The predicted octanol–water partition coefficient (Wildman–Crippen LogP) is 2.47. The maximum atomic E-state index is 12.9. The second kappa shape index (κ2) is 7.06. The Morgan fingerprint density at radius 3 is 2.54 bits per heavy atom. The van der Waals surface area contributed by atoms with Crippen molar-refractivity contribution in [1.82, 2.24) is 15.1 Å². The van der Waals surface area contributed by atoms with E-state index in [0.717, 1.165) is 5.69 Å². The molecule has 1 atom stereocenters. The standard InChI is InChI=1S/C18H16FN3O2/c19-14-8-6-13(7-9-14)17(23)12-20-18(24)16-10-11-22(21-16)15-4-2-1-3-5-15/h1-11,17,23H,12H2,(H,20,24). The molecular formula is C18H16FN3O2. The van der Waals surface area contributed by atoms with Gasteiger partial charge in [0.05, 0.1) is 11.8 Å². The molecule has 0 aliphatic heterocycles. The van der Waals surface area contributed by atoms with E-state index in [0.29, 0.717) is 5.56 Å². The molecule has 6 heteroatoms.